The Hall–Kier alpha value is -5.26. The molecule has 2 heterocycles. The summed E-state index contributed by atoms with van der Waals surface area (Å²) in [6, 6.07) is 8.95. The van der Waals surface area contributed by atoms with Crippen LogP contribution in [0.15, 0.2) is 53.3 Å². The molecule has 12 heteroatoms. The second kappa shape index (κ2) is 6.87. The number of phenolic OH excluding ortho intramolecular Hbond substituents is 3. The van der Waals surface area contributed by atoms with E-state index in [2.05, 4.69) is 0 Å². The molecule has 0 amide bonds. The van der Waals surface area contributed by atoms with Gasteiger partial charge in [0.2, 0.25) is 0 Å². The minimum absolute atomic E-state index is 0.0486. The van der Waals surface area contributed by atoms with Gasteiger partial charge in [-0.3, -0.25) is 4.79 Å². The van der Waals surface area contributed by atoms with E-state index in [0.717, 1.165) is 12.1 Å². The zero-order valence-corrected chi connectivity index (χ0v) is 16.8. The van der Waals surface area contributed by atoms with Crippen LogP contribution in [0.3, 0.4) is 0 Å². The molecular formula is C22H13N3O9. The Morgan fingerprint density at radius 2 is 1.53 bits per heavy atom. The summed E-state index contributed by atoms with van der Waals surface area (Å²) in [7, 11) is 0. The number of aromatic nitrogens is 3. The van der Waals surface area contributed by atoms with Crippen LogP contribution < -0.4 is 14.9 Å². The summed E-state index contributed by atoms with van der Waals surface area (Å²) in [4.78, 5) is 24.6. The first-order valence-electron chi connectivity index (χ1n) is 9.60. The van der Waals surface area contributed by atoms with Crippen molar-refractivity contribution in [1.29, 1.82) is 0 Å². The Labute approximate surface area is 187 Å². The van der Waals surface area contributed by atoms with Crippen molar-refractivity contribution in [3.05, 3.63) is 74.7 Å². The lowest BCUT2D eigenvalue weighted by Gasteiger charge is -2.16. The average Bonchev–Trinajstić information content (AvgIpc) is 2.79. The van der Waals surface area contributed by atoms with Crippen molar-refractivity contribution >= 4 is 38.9 Å². The molecule has 0 radical (unpaired) electrons. The summed E-state index contributed by atoms with van der Waals surface area (Å²) in [6.07, 6.45) is 0. The highest BCUT2D eigenvalue weighted by molar-refractivity contribution is 6.06. The van der Waals surface area contributed by atoms with Crippen LogP contribution in [0, 0.1) is 10.4 Å². The maximum Gasteiger partial charge on any atom is 0.342 e. The van der Waals surface area contributed by atoms with Crippen LogP contribution in [0.5, 0.6) is 17.2 Å². The number of aromatic hydroxyl groups is 3. The maximum atomic E-state index is 13.4. The number of fused-ring (bicyclic) bond motifs is 3. The molecule has 0 bridgehead atoms. The van der Waals surface area contributed by atoms with Crippen molar-refractivity contribution in [2.45, 2.75) is 0 Å². The summed E-state index contributed by atoms with van der Waals surface area (Å²) in [5, 5.41) is 77.7. The van der Waals surface area contributed by atoms with Gasteiger partial charge in [-0.05, 0) is 18.2 Å². The van der Waals surface area contributed by atoms with Crippen LogP contribution in [0.1, 0.15) is 10.4 Å². The number of carboxylic acid groups (broad SMARTS) is 1. The van der Waals surface area contributed by atoms with Crippen LogP contribution in [0.25, 0.3) is 44.2 Å². The number of rotatable bonds is 2. The van der Waals surface area contributed by atoms with E-state index in [1.54, 1.807) is 0 Å². The molecule has 5 N–H and O–H groups in total. The highest BCUT2D eigenvalue weighted by atomic mass is 16.5. The number of phenols is 3. The van der Waals surface area contributed by atoms with Crippen LogP contribution in [0.4, 0.5) is 0 Å². The van der Waals surface area contributed by atoms with Gasteiger partial charge in [0, 0.05) is 18.2 Å². The Morgan fingerprint density at radius 1 is 0.853 bits per heavy atom. The molecule has 170 valence electrons. The molecule has 5 rings (SSSR count). The number of carbonyl (C=O) groups is 1. The summed E-state index contributed by atoms with van der Waals surface area (Å²) in [5.74, 6) is -3.51. The molecule has 0 saturated heterocycles. The fourth-order valence-electron chi connectivity index (χ4n) is 4.11. The van der Waals surface area contributed by atoms with Crippen molar-refractivity contribution in [2.75, 3.05) is 0 Å². The van der Waals surface area contributed by atoms with Gasteiger partial charge in [0.15, 0.2) is 11.2 Å². The lowest BCUT2D eigenvalue weighted by atomic mass is 10.0. The van der Waals surface area contributed by atoms with Crippen LogP contribution in [-0.4, -0.2) is 36.3 Å². The molecule has 0 fully saturated rings. The van der Waals surface area contributed by atoms with Crippen molar-refractivity contribution < 1.29 is 39.9 Å². The van der Waals surface area contributed by atoms with E-state index in [-0.39, 0.29) is 25.9 Å². The first-order chi connectivity index (χ1) is 16.1. The van der Waals surface area contributed by atoms with Gasteiger partial charge in [-0.15, -0.1) is 4.73 Å². The third kappa shape index (κ3) is 2.59. The van der Waals surface area contributed by atoms with E-state index in [1.807, 2.05) is 0 Å². The first kappa shape index (κ1) is 20.6. The van der Waals surface area contributed by atoms with Gasteiger partial charge in [0.1, 0.15) is 28.3 Å². The lowest BCUT2D eigenvalue weighted by molar-refractivity contribution is -0.591. The molecule has 0 saturated carbocycles. The number of aromatic carboxylic acids is 1. The minimum Gasteiger partial charge on any atom is -0.617 e. The molecule has 12 nitrogen and oxygen atoms in total. The Kier molecular flexibility index (Phi) is 4.17. The number of hydrogen-bond donors (Lipinski definition) is 5. The molecule has 0 unspecified atom stereocenters. The molecule has 2 aromatic heterocycles. The van der Waals surface area contributed by atoms with E-state index >= 15 is 0 Å². The third-order valence-electron chi connectivity index (χ3n) is 5.55. The van der Waals surface area contributed by atoms with Crippen molar-refractivity contribution in [1.82, 2.24) is 4.73 Å². The van der Waals surface area contributed by atoms with Gasteiger partial charge < -0.3 is 36.0 Å². The van der Waals surface area contributed by atoms with Gasteiger partial charge in [0.25, 0.3) is 5.52 Å². The van der Waals surface area contributed by atoms with Crippen LogP contribution in [0.2, 0.25) is 0 Å². The molecule has 0 aliphatic carbocycles. The normalized spacial score (nSPS) is 11.4. The zero-order chi connectivity index (χ0) is 24.5. The summed E-state index contributed by atoms with van der Waals surface area (Å²) in [5.41, 5.74) is -5.01. The van der Waals surface area contributed by atoms with Crippen LogP contribution >= 0.6 is 0 Å². The quantitative estimate of drug-likeness (QED) is 0.111. The van der Waals surface area contributed by atoms with E-state index in [1.165, 1.54) is 30.3 Å². The van der Waals surface area contributed by atoms with E-state index in [9.17, 15) is 45.6 Å². The van der Waals surface area contributed by atoms with Crippen molar-refractivity contribution in [3.8, 4) is 28.5 Å². The van der Waals surface area contributed by atoms with Gasteiger partial charge in [-0.25, -0.2) is 4.79 Å². The lowest BCUT2D eigenvalue weighted by Crippen LogP contribution is -2.41. The van der Waals surface area contributed by atoms with Gasteiger partial charge >= 0.3 is 22.5 Å². The highest BCUT2D eigenvalue weighted by Crippen LogP contribution is 2.38. The molecule has 0 aliphatic rings. The summed E-state index contributed by atoms with van der Waals surface area (Å²) in [6.45, 7) is 0. The maximum absolute atomic E-state index is 13.4. The Morgan fingerprint density at radius 3 is 2.24 bits per heavy atom. The molecule has 3 aromatic carbocycles. The van der Waals surface area contributed by atoms with Crippen LogP contribution in [-0.2, 0) is 0 Å². The second-order valence-electron chi connectivity index (χ2n) is 7.43. The van der Waals surface area contributed by atoms with E-state index in [4.69, 9.17) is 0 Å². The largest absolute Gasteiger partial charge is 0.617 e. The van der Waals surface area contributed by atoms with E-state index < -0.39 is 62.0 Å². The van der Waals surface area contributed by atoms with Crippen molar-refractivity contribution in [3.63, 3.8) is 0 Å². The monoisotopic (exact) mass is 463 g/mol. The van der Waals surface area contributed by atoms with Gasteiger partial charge in [-0.1, -0.05) is 12.1 Å². The molecule has 0 aliphatic heterocycles. The van der Waals surface area contributed by atoms with E-state index in [0.29, 0.717) is 10.8 Å². The fraction of sp³-hybridized carbons (Fsp3) is 0. The topological polar surface area (TPSA) is 194 Å². The highest BCUT2D eigenvalue weighted by Gasteiger charge is 2.35. The van der Waals surface area contributed by atoms with Gasteiger partial charge in [-0.2, -0.15) is 9.46 Å². The fourth-order valence-corrected chi connectivity index (χ4v) is 4.11. The number of carboxylic acids is 1. The van der Waals surface area contributed by atoms with Crippen molar-refractivity contribution in [2.24, 2.45) is 0 Å². The van der Waals surface area contributed by atoms with Gasteiger partial charge in [0.05, 0.1) is 10.9 Å². The zero-order valence-electron chi connectivity index (χ0n) is 16.8. The number of benzene rings is 3. The molecular weight excluding hydrogens is 450 g/mol. The molecule has 5 aromatic rings. The Bertz CT molecular complexity index is 1780. The smallest absolute Gasteiger partial charge is 0.342 e. The first-order valence-corrected chi connectivity index (χ1v) is 9.60. The minimum atomic E-state index is -1.64. The molecule has 34 heavy (non-hydrogen) atoms. The standard InChI is InChI=1S/C22H13N3O9/c26-13-5-1-3-10-17(13)16(29)8-12(23(10)32)18-15(28)7-9(22(30)31)19-21(18)25(34)20-11(24(19)33)4-2-6-14(20)27/h1-8,26-28,32H,(H,30,31). The summed E-state index contributed by atoms with van der Waals surface area (Å²) >= 11 is 0. The number of para-hydroxylation sites is 1. The average molecular weight is 463 g/mol. The predicted molar refractivity (Wildman–Crippen MR) is 116 cm³/mol. The third-order valence-corrected chi connectivity index (χ3v) is 5.55. The predicted octanol–water partition coefficient (Wildman–Crippen LogP) is 1.29. The SMILES string of the molecule is O=C(O)c1cc(O)c(-c2cc(=O)c3c(O)cccc3n2O)c2c1[n+]([O-])c1cccc(O)c1[n+]2[O-]. The number of pyridine rings is 1. The second-order valence-corrected chi connectivity index (χ2v) is 7.43. The Balaban J connectivity index is 2.09. The molecule has 0 spiro atoms. The molecule has 0 atom stereocenters. The number of nitrogens with zero attached hydrogens (tertiary/aromatic N) is 3. The summed E-state index contributed by atoms with van der Waals surface area (Å²) < 4.78 is 0.570. The number of hydrogen-bond acceptors (Lipinski definition) is 8.